The van der Waals surface area contributed by atoms with E-state index < -0.39 is 12.0 Å². The highest BCUT2D eigenvalue weighted by atomic mass is 32.2. The van der Waals surface area contributed by atoms with Gasteiger partial charge in [0.1, 0.15) is 5.75 Å². The number of carbonyl (C=O) groups excluding carboxylic acids is 2. The van der Waals surface area contributed by atoms with Crippen LogP contribution in [0.1, 0.15) is 20.8 Å². The summed E-state index contributed by atoms with van der Waals surface area (Å²) >= 11 is 0.892. The van der Waals surface area contributed by atoms with Crippen LogP contribution in [0.15, 0.2) is 23.4 Å². The van der Waals surface area contributed by atoms with Gasteiger partial charge >= 0.3 is 6.09 Å². The average molecular weight is 323 g/mol. The molecular weight excluding hydrogens is 306 g/mol. The third-order valence-corrected chi connectivity index (χ3v) is 3.60. The molecule has 2 amide bonds. The fourth-order valence-corrected chi connectivity index (χ4v) is 2.49. The number of aromatic amines is 1. The second kappa shape index (κ2) is 7.17. The highest BCUT2D eigenvalue weighted by molar-refractivity contribution is 7.97. The predicted molar refractivity (Wildman–Crippen MR) is 82.7 cm³/mol. The van der Waals surface area contributed by atoms with Gasteiger partial charge in [-0.25, -0.2) is 9.78 Å². The van der Waals surface area contributed by atoms with E-state index in [1.807, 2.05) is 25.1 Å². The van der Waals surface area contributed by atoms with Gasteiger partial charge in [-0.05, 0) is 26.0 Å². The molecule has 0 saturated carbocycles. The number of nitrogens with one attached hydrogen (secondary N) is 1. The summed E-state index contributed by atoms with van der Waals surface area (Å²) in [7, 11) is 0. The van der Waals surface area contributed by atoms with Crippen LogP contribution in [0.2, 0.25) is 0 Å². The third kappa shape index (κ3) is 3.70. The Morgan fingerprint density at radius 2 is 2.09 bits per heavy atom. The number of imide groups is 1. The first-order chi connectivity index (χ1) is 10.5. The number of rotatable bonds is 5. The standard InChI is InChI=1S/C14H17N3O4S/c1-4-20-10-6-7-11-12(8-10)16-13(15-11)22-17(9(3)18)14(19)21-5-2/h6-8H,4-5H2,1-3H3,(H,15,16). The lowest BCUT2D eigenvalue weighted by Gasteiger charge is -2.14. The molecule has 1 heterocycles. The summed E-state index contributed by atoms with van der Waals surface area (Å²) in [4.78, 5) is 30.7. The van der Waals surface area contributed by atoms with Crippen molar-refractivity contribution in [2.24, 2.45) is 0 Å². The molecule has 0 aliphatic rings. The van der Waals surface area contributed by atoms with E-state index in [0.29, 0.717) is 11.8 Å². The predicted octanol–water partition coefficient (Wildman–Crippen LogP) is 2.97. The molecule has 1 aromatic heterocycles. The smallest absolute Gasteiger partial charge is 0.427 e. The van der Waals surface area contributed by atoms with Gasteiger partial charge in [-0.2, -0.15) is 4.31 Å². The Morgan fingerprint density at radius 1 is 1.32 bits per heavy atom. The fourth-order valence-electron chi connectivity index (χ4n) is 1.76. The summed E-state index contributed by atoms with van der Waals surface area (Å²) in [6.07, 6.45) is -0.713. The van der Waals surface area contributed by atoms with Gasteiger partial charge in [-0.15, -0.1) is 0 Å². The van der Waals surface area contributed by atoms with E-state index >= 15 is 0 Å². The minimum atomic E-state index is -0.713. The van der Waals surface area contributed by atoms with Crippen molar-refractivity contribution in [1.82, 2.24) is 14.3 Å². The van der Waals surface area contributed by atoms with Crippen LogP contribution < -0.4 is 4.74 Å². The highest BCUT2D eigenvalue weighted by Gasteiger charge is 2.22. The zero-order valence-corrected chi connectivity index (χ0v) is 13.4. The lowest BCUT2D eigenvalue weighted by Crippen LogP contribution is -2.29. The molecule has 0 spiro atoms. The number of imidazole rings is 1. The maximum Gasteiger partial charge on any atom is 0.427 e. The average Bonchev–Trinajstić information content (AvgIpc) is 2.86. The summed E-state index contributed by atoms with van der Waals surface area (Å²) < 4.78 is 11.2. The molecule has 0 fully saturated rings. The molecule has 7 nitrogen and oxygen atoms in total. The minimum Gasteiger partial charge on any atom is -0.494 e. The maximum absolute atomic E-state index is 11.7. The van der Waals surface area contributed by atoms with Gasteiger partial charge in [-0.3, -0.25) is 4.79 Å². The van der Waals surface area contributed by atoms with Crippen LogP contribution in [0.3, 0.4) is 0 Å². The van der Waals surface area contributed by atoms with E-state index in [1.54, 1.807) is 6.92 Å². The Bertz CT molecular complexity index is 686. The molecule has 8 heteroatoms. The minimum absolute atomic E-state index is 0.195. The van der Waals surface area contributed by atoms with E-state index in [0.717, 1.165) is 33.0 Å². The number of ether oxygens (including phenoxy) is 2. The van der Waals surface area contributed by atoms with Crippen molar-refractivity contribution in [1.29, 1.82) is 0 Å². The molecular formula is C14H17N3O4S. The molecule has 0 unspecified atom stereocenters. The van der Waals surface area contributed by atoms with Crippen molar-refractivity contribution < 1.29 is 19.1 Å². The van der Waals surface area contributed by atoms with Crippen LogP contribution in [-0.4, -0.2) is 39.5 Å². The Balaban J connectivity index is 2.22. The summed E-state index contributed by atoms with van der Waals surface area (Å²) in [5, 5.41) is 0.423. The molecule has 0 bridgehead atoms. The van der Waals surface area contributed by atoms with Gasteiger partial charge in [-0.1, -0.05) is 0 Å². The number of carbonyl (C=O) groups is 2. The van der Waals surface area contributed by atoms with Gasteiger partial charge in [0.15, 0.2) is 5.16 Å². The summed E-state index contributed by atoms with van der Waals surface area (Å²) in [6, 6.07) is 5.44. The topological polar surface area (TPSA) is 84.5 Å². The van der Waals surface area contributed by atoms with E-state index in [-0.39, 0.29) is 6.61 Å². The number of amides is 2. The van der Waals surface area contributed by atoms with Gasteiger partial charge in [0.05, 0.1) is 24.2 Å². The van der Waals surface area contributed by atoms with E-state index in [4.69, 9.17) is 9.47 Å². The van der Waals surface area contributed by atoms with Crippen molar-refractivity contribution in [2.75, 3.05) is 13.2 Å². The van der Waals surface area contributed by atoms with Crippen LogP contribution in [0, 0.1) is 0 Å². The van der Waals surface area contributed by atoms with E-state index in [1.165, 1.54) is 6.92 Å². The summed E-state index contributed by atoms with van der Waals surface area (Å²) in [5.74, 6) is 0.294. The molecule has 2 aromatic rings. The number of fused-ring (bicyclic) bond motifs is 1. The Hall–Kier alpha value is -2.22. The first kappa shape index (κ1) is 16.2. The molecule has 0 saturated heterocycles. The van der Waals surface area contributed by atoms with Gasteiger partial charge in [0.2, 0.25) is 5.91 Å². The Morgan fingerprint density at radius 3 is 2.73 bits per heavy atom. The second-order valence-electron chi connectivity index (χ2n) is 4.26. The second-order valence-corrected chi connectivity index (χ2v) is 5.19. The highest BCUT2D eigenvalue weighted by Crippen LogP contribution is 2.26. The molecule has 1 N–H and O–H groups in total. The molecule has 118 valence electrons. The van der Waals surface area contributed by atoms with Crippen molar-refractivity contribution in [3.8, 4) is 5.75 Å². The lowest BCUT2D eigenvalue weighted by atomic mass is 10.3. The van der Waals surface area contributed by atoms with Crippen LogP contribution in [0.4, 0.5) is 4.79 Å². The zero-order chi connectivity index (χ0) is 16.1. The Labute approximate surface area is 132 Å². The lowest BCUT2D eigenvalue weighted by molar-refractivity contribution is -0.122. The van der Waals surface area contributed by atoms with Crippen molar-refractivity contribution in [2.45, 2.75) is 25.9 Å². The first-order valence-electron chi connectivity index (χ1n) is 6.83. The van der Waals surface area contributed by atoms with Crippen molar-refractivity contribution >= 4 is 35.0 Å². The van der Waals surface area contributed by atoms with Gasteiger partial charge < -0.3 is 14.5 Å². The third-order valence-electron chi connectivity index (χ3n) is 2.64. The monoisotopic (exact) mass is 323 g/mol. The fraction of sp³-hybridized carbons (Fsp3) is 0.357. The Kier molecular flexibility index (Phi) is 5.26. The quantitative estimate of drug-likeness (QED) is 0.852. The molecule has 0 aliphatic carbocycles. The van der Waals surface area contributed by atoms with Crippen LogP contribution in [0.25, 0.3) is 11.0 Å². The number of H-pyrrole nitrogens is 1. The molecule has 0 aliphatic heterocycles. The number of aromatic nitrogens is 2. The number of nitrogens with zero attached hydrogens (tertiary/aromatic N) is 2. The number of benzene rings is 1. The van der Waals surface area contributed by atoms with Gasteiger partial charge in [0, 0.05) is 24.9 Å². The summed E-state index contributed by atoms with van der Waals surface area (Å²) in [6.45, 7) is 5.64. The molecule has 22 heavy (non-hydrogen) atoms. The van der Waals surface area contributed by atoms with E-state index in [9.17, 15) is 9.59 Å². The molecule has 2 rings (SSSR count). The van der Waals surface area contributed by atoms with Crippen LogP contribution in [0.5, 0.6) is 5.75 Å². The van der Waals surface area contributed by atoms with Gasteiger partial charge in [0.25, 0.3) is 0 Å². The first-order valence-corrected chi connectivity index (χ1v) is 7.60. The number of hydrogen-bond acceptors (Lipinski definition) is 6. The van der Waals surface area contributed by atoms with Crippen molar-refractivity contribution in [3.05, 3.63) is 18.2 Å². The normalized spacial score (nSPS) is 10.5. The molecule has 1 aromatic carbocycles. The van der Waals surface area contributed by atoms with Crippen LogP contribution in [-0.2, 0) is 9.53 Å². The largest absolute Gasteiger partial charge is 0.494 e. The maximum atomic E-state index is 11.7. The van der Waals surface area contributed by atoms with E-state index in [2.05, 4.69) is 9.97 Å². The summed E-state index contributed by atoms with van der Waals surface area (Å²) in [5.41, 5.74) is 1.49. The molecule has 0 atom stereocenters. The van der Waals surface area contributed by atoms with Crippen molar-refractivity contribution in [3.63, 3.8) is 0 Å². The van der Waals surface area contributed by atoms with Crippen LogP contribution >= 0.6 is 11.9 Å². The SMILES string of the molecule is CCOC(=O)N(Sc1nc2ccc(OCC)cc2[nH]1)C(C)=O. The zero-order valence-electron chi connectivity index (χ0n) is 12.6. The number of hydrogen-bond donors (Lipinski definition) is 1. The molecule has 0 radical (unpaired) electrons.